The fourth-order valence-electron chi connectivity index (χ4n) is 1.78. The Bertz CT molecular complexity index is 737. The number of aliphatic imine (C=N–C) groups is 2. The predicted octanol–water partition coefficient (Wildman–Crippen LogP) is 4.13. The fourth-order valence-corrected chi connectivity index (χ4v) is 2.08. The van der Waals surface area contributed by atoms with E-state index < -0.39 is 0 Å². The molecule has 0 saturated heterocycles. The zero-order chi connectivity index (χ0) is 16.7. The van der Waals surface area contributed by atoms with E-state index >= 15 is 0 Å². The molecule has 0 atom stereocenters. The molecular formula is C17H16Cl2N4. The molecule has 2 aromatic carbocycles. The van der Waals surface area contributed by atoms with Crippen LogP contribution >= 0.6 is 23.2 Å². The average molecular weight is 347 g/mol. The molecule has 0 aliphatic rings. The Hall–Kier alpha value is -2.17. The second-order valence-electron chi connectivity index (χ2n) is 4.87. The van der Waals surface area contributed by atoms with Crippen molar-refractivity contribution in [3.05, 3.63) is 63.6 Å². The van der Waals surface area contributed by atoms with Crippen LogP contribution < -0.4 is 5.73 Å². The molecule has 0 bridgehead atoms. The summed E-state index contributed by atoms with van der Waals surface area (Å²) in [7, 11) is 0. The maximum absolute atomic E-state index is 7.84. The zero-order valence-electron chi connectivity index (χ0n) is 12.3. The van der Waals surface area contributed by atoms with Crippen LogP contribution in [0.5, 0.6) is 0 Å². The van der Waals surface area contributed by atoms with Gasteiger partial charge in [-0.1, -0.05) is 35.3 Å². The highest BCUT2D eigenvalue weighted by molar-refractivity contribution is 6.31. The van der Waals surface area contributed by atoms with Crippen LogP contribution in [0.2, 0.25) is 10.0 Å². The Morgan fingerprint density at radius 2 is 1.57 bits per heavy atom. The highest BCUT2D eigenvalue weighted by atomic mass is 35.5. The van der Waals surface area contributed by atoms with Gasteiger partial charge in [0.05, 0.1) is 18.8 Å². The van der Waals surface area contributed by atoms with Crippen LogP contribution in [0, 0.1) is 5.41 Å². The van der Waals surface area contributed by atoms with Crippen molar-refractivity contribution in [2.24, 2.45) is 9.98 Å². The SMILES string of the molecule is N=C(CN=Cc1ccc(Cl)cc1)CN=Cc1ccc(Cl)cc1N. The van der Waals surface area contributed by atoms with E-state index in [0.29, 0.717) is 28.0 Å². The van der Waals surface area contributed by atoms with Gasteiger partial charge in [-0.15, -0.1) is 0 Å². The second-order valence-corrected chi connectivity index (χ2v) is 5.74. The van der Waals surface area contributed by atoms with Crippen molar-refractivity contribution in [3.63, 3.8) is 0 Å². The van der Waals surface area contributed by atoms with Crippen molar-refractivity contribution >= 4 is 47.0 Å². The van der Waals surface area contributed by atoms with Crippen LogP contribution in [0.1, 0.15) is 11.1 Å². The lowest BCUT2D eigenvalue weighted by molar-refractivity contribution is 1.17. The van der Waals surface area contributed by atoms with E-state index in [2.05, 4.69) is 9.98 Å². The van der Waals surface area contributed by atoms with E-state index in [1.54, 1.807) is 42.8 Å². The van der Waals surface area contributed by atoms with Gasteiger partial charge in [-0.3, -0.25) is 9.98 Å². The highest BCUT2D eigenvalue weighted by Crippen LogP contribution is 2.16. The Labute approximate surface area is 145 Å². The normalized spacial score (nSPS) is 11.4. The lowest BCUT2D eigenvalue weighted by Crippen LogP contribution is -2.06. The van der Waals surface area contributed by atoms with Gasteiger partial charge in [0.25, 0.3) is 0 Å². The van der Waals surface area contributed by atoms with E-state index in [-0.39, 0.29) is 6.54 Å². The van der Waals surface area contributed by atoms with Crippen LogP contribution in [-0.2, 0) is 0 Å². The van der Waals surface area contributed by atoms with Crippen molar-refractivity contribution in [2.45, 2.75) is 0 Å². The molecule has 0 unspecified atom stereocenters. The van der Waals surface area contributed by atoms with Gasteiger partial charge in [-0.25, -0.2) is 0 Å². The molecule has 2 rings (SSSR count). The Balaban J connectivity index is 1.82. The number of hydrogen-bond acceptors (Lipinski definition) is 4. The van der Waals surface area contributed by atoms with Gasteiger partial charge in [0.1, 0.15) is 0 Å². The third-order valence-electron chi connectivity index (χ3n) is 2.95. The topological polar surface area (TPSA) is 74.6 Å². The van der Waals surface area contributed by atoms with Gasteiger partial charge in [0, 0.05) is 33.7 Å². The predicted molar refractivity (Wildman–Crippen MR) is 100.0 cm³/mol. The molecule has 6 heteroatoms. The quantitative estimate of drug-likeness (QED) is 0.598. The minimum absolute atomic E-state index is 0.278. The number of nitrogen functional groups attached to an aromatic ring is 1. The largest absolute Gasteiger partial charge is 0.398 e. The van der Waals surface area contributed by atoms with E-state index in [1.807, 2.05) is 12.1 Å². The minimum atomic E-state index is 0.278. The van der Waals surface area contributed by atoms with Gasteiger partial charge in [-0.05, 0) is 35.9 Å². The van der Waals surface area contributed by atoms with E-state index in [0.717, 1.165) is 11.1 Å². The minimum Gasteiger partial charge on any atom is -0.398 e. The van der Waals surface area contributed by atoms with Crippen LogP contribution in [0.4, 0.5) is 5.69 Å². The van der Waals surface area contributed by atoms with Crippen molar-refractivity contribution in [3.8, 4) is 0 Å². The first kappa shape index (κ1) is 17.2. The summed E-state index contributed by atoms with van der Waals surface area (Å²) in [6, 6.07) is 12.6. The first-order chi connectivity index (χ1) is 11.0. The number of nitrogens with one attached hydrogen (secondary N) is 1. The Morgan fingerprint density at radius 3 is 2.22 bits per heavy atom. The van der Waals surface area contributed by atoms with Crippen LogP contribution in [0.3, 0.4) is 0 Å². The second kappa shape index (κ2) is 8.46. The summed E-state index contributed by atoms with van der Waals surface area (Å²) in [5.74, 6) is 0. The zero-order valence-corrected chi connectivity index (χ0v) is 13.8. The summed E-state index contributed by atoms with van der Waals surface area (Å²) in [5, 5.41) is 9.11. The van der Waals surface area contributed by atoms with Crippen molar-refractivity contribution in [1.29, 1.82) is 5.41 Å². The number of anilines is 1. The van der Waals surface area contributed by atoms with Crippen LogP contribution in [0.15, 0.2) is 52.4 Å². The molecule has 0 aliphatic carbocycles. The molecule has 0 aromatic heterocycles. The molecule has 0 aliphatic heterocycles. The molecule has 0 fully saturated rings. The summed E-state index contributed by atoms with van der Waals surface area (Å²) in [6.45, 7) is 0.579. The number of nitrogens with two attached hydrogens (primary N) is 1. The molecule has 3 N–H and O–H groups in total. The van der Waals surface area contributed by atoms with E-state index in [1.165, 1.54) is 0 Å². The molecule has 0 saturated carbocycles. The lowest BCUT2D eigenvalue weighted by Gasteiger charge is -2.00. The molecule has 0 spiro atoms. The molecule has 23 heavy (non-hydrogen) atoms. The van der Waals surface area contributed by atoms with Crippen molar-refractivity contribution < 1.29 is 0 Å². The third kappa shape index (κ3) is 5.85. The van der Waals surface area contributed by atoms with E-state index in [9.17, 15) is 0 Å². The van der Waals surface area contributed by atoms with Gasteiger partial charge in [-0.2, -0.15) is 0 Å². The van der Waals surface area contributed by atoms with Crippen molar-refractivity contribution in [2.75, 3.05) is 18.8 Å². The van der Waals surface area contributed by atoms with Crippen LogP contribution in [0.25, 0.3) is 0 Å². The van der Waals surface area contributed by atoms with Crippen LogP contribution in [-0.4, -0.2) is 31.2 Å². The van der Waals surface area contributed by atoms with Gasteiger partial charge in [0.2, 0.25) is 0 Å². The Morgan fingerprint density at radius 1 is 0.957 bits per heavy atom. The maximum Gasteiger partial charge on any atom is 0.0784 e. The smallest absolute Gasteiger partial charge is 0.0784 e. The summed E-state index contributed by atoms with van der Waals surface area (Å²) in [6.07, 6.45) is 3.36. The monoisotopic (exact) mass is 346 g/mol. The molecule has 118 valence electrons. The maximum atomic E-state index is 7.84. The highest BCUT2D eigenvalue weighted by Gasteiger charge is 1.97. The lowest BCUT2D eigenvalue weighted by atomic mass is 10.2. The number of benzene rings is 2. The van der Waals surface area contributed by atoms with E-state index in [4.69, 9.17) is 34.3 Å². The number of nitrogens with zero attached hydrogens (tertiary/aromatic N) is 2. The summed E-state index contributed by atoms with van der Waals surface area (Å²) < 4.78 is 0. The molecule has 0 radical (unpaired) electrons. The first-order valence-corrected chi connectivity index (χ1v) is 7.67. The molecule has 2 aromatic rings. The fraction of sp³-hybridized carbons (Fsp3) is 0.118. The summed E-state index contributed by atoms with van der Waals surface area (Å²) in [4.78, 5) is 8.42. The van der Waals surface area contributed by atoms with Gasteiger partial charge in [0.15, 0.2) is 0 Å². The van der Waals surface area contributed by atoms with Gasteiger partial charge < -0.3 is 11.1 Å². The molecular weight excluding hydrogens is 331 g/mol. The Kier molecular flexibility index (Phi) is 6.32. The summed E-state index contributed by atoms with van der Waals surface area (Å²) >= 11 is 11.6. The standard InChI is InChI=1S/C17H16Cl2N4/c18-14-4-1-12(2-5-14)8-22-10-16(20)11-23-9-13-3-6-15(19)7-17(13)21/h1-9,20H,10-11,21H2. The van der Waals surface area contributed by atoms with Crippen molar-refractivity contribution in [1.82, 2.24) is 0 Å². The number of rotatable bonds is 6. The number of halogens is 2. The molecule has 0 amide bonds. The number of hydrogen-bond donors (Lipinski definition) is 2. The first-order valence-electron chi connectivity index (χ1n) is 6.91. The molecule has 0 heterocycles. The molecule has 4 nitrogen and oxygen atoms in total. The van der Waals surface area contributed by atoms with Gasteiger partial charge >= 0.3 is 0 Å². The average Bonchev–Trinajstić information content (AvgIpc) is 2.51. The summed E-state index contributed by atoms with van der Waals surface area (Å²) in [5.41, 5.74) is 8.54. The third-order valence-corrected chi connectivity index (χ3v) is 3.44.